The second-order valence-electron chi connectivity index (χ2n) is 5.96. The standard InChI is InChI=1S/C18H19ClN4S/c1-2-22-6-8-23(9-7-22)17-16-15(11-24-18(16)21-12-20-17)13-4-3-5-14(19)10-13/h3-5,10-12H,2,6-9H2,1H3. The molecule has 1 saturated heterocycles. The molecule has 0 unspecified atom stereocenters. The molecule has 0 aliphatic carbocycles. The molecule has 1 aliphatic rings. The number of anilines is 1. The van der Waals surface area contributed by atoms with Crippen molar-refractivity contribution in [1.29, 1.82) is 0 Å². The number of hydrogen-bond acceptors (Lipinski definition) is 5. The van der Waals surface area contributed by atoms with E-state index < -0.39 is 0 Å². The van der Waals surface area contributed by atoms with Crippen molar-refractivity contribution < 1.29 is 0 Å². The smallest absolute Gasteiger partial charge is 0.141 e. The Labute approximate surface area is 150 Å². The van der Waals surface area contributed by atoms with Crippen LogP contribution in [0.3, 0.4) is 0 Å². The van der Waals surface area contributed by atoms with Crippen LogP contribution < -0.4 is 4.90 Å². The fraction of sp³-hybridized carbons (Fsp3) is 0.333. The Morgan fingerprint density at radius 1 is 1.17 bits per heavy atom. The van der Waals surface area contributed by atoms with E-state index >= 15 is 0 Å². The molecular formula is C18H19ClN4S. The molecule has 0 bridgehead atoms. The van der Waals surface area contributed by atoms with Crippen LogP contribution in [0, 0.1) is 0 Å². The summed E-state index contributed by atoms with van der Waals surface area (Å²) in [6.45, 7) is 7.50. The lowest BCUT2D eigenvalue weighted by Gasteiger charge is -2.35. The van der Waals surface area contributed by atoms with Crippen LogP contribution >= 0.6 is 22.9 Å². The molecule has 0 N–H and O–H groups in total. The van der Waals surface area contributed by atoms with Gasteiger partial charge in [-0.05, 0) is 24.2 Å². The van der Waals surface area contributed by atoms with E-state index in [-0.39, 0.29) is 0 Å². The summed E-state index contributed by atoms with van der Waals surface area (Å²) in [5.41, 5.74) is 2.29. The Bertz CT molecular complexity index is 855. The molecule has 1 fully saturated rings. The van der Waals surface area contributed by atoms with Gasteiger partial charge in [-0.15, -0.1) is 11.3 Å². The van der Waals surface area contributed by atoms with Crippen molar-refractivity contribution in [3.63, 3.8) is 0 Å². The maximum atomic E-state index is 6.19. The van der Waals surface area contributed by atoms with Crippen LogP contribution in [0.1, 0.15) is 6.92 Å². The van der Waals surface area contributed by atoms with Crippen molar-refractivity contribution in [3.8, 4) is 11.1 Å². The van der Waals surface area contributed by atoms with Crippen LogP contribution in [0.2, 0.25) is 5.02 Å². The number of likely N-dealkylation sites (N-methyl/N-ethyl adjacent to an activating group) is 1. The molecule has 0 atom stereocenters. The summed E-state index contributed by atoms with van der Waals surface area (Å²) in [4.78, 5) is 15.0. The predicted molar refractivity (Wildman–Crippen MR) is 102 cm³/mol. The van der Waals surface area contributed by atoms with Gasteiger partial charge in [-0.2, -0.15) is 0 Å². The summed E-state index contributed by atoms with van der Waals surface area (Å²) in [6.07, 6.45) is 1.68. The lowest BCUT2D eigenvalue weighted by Crippen LogP contribution is -2.46. The number of halogens is 1. The number of rotatable bonds is 3. The largest absolute Gasteiger partial charge is 0.353 e. The summed E-state index contributed by atoms with van der Waals surface area (Å²) < 4.78 is 0. The number of thiophene rings is 1. The first-order valence-corrected chi connectivity index (χ1v) is 9.47. The number of aromatic nitrogens is 2. The molecule has 0 saturated carbocycles. The van der Waals surface area contributed by atoms with Crippen LogP contribution in [0.4, 0.5) is 5.82 Å². The quantitative estimate of drug-likeness (QED) is 0.704. The summed E-state index contributed by atoms with van der Waals surface area (Å²) in [5.74, 6) is 1.05. The fourth-order valence-electron chi connectivity index (χ4n) is 3.24. The van der Waals surface area contributed by atoms with Crippen molar-refractivity contribution in [2.75, 3.05) is 37.6 Å². The van der Waals surface area contributed by atoms with Gasteiger partial charge in [-0.3, -0.25) is 0 Å². The van der Waals surface area contributed by atoms with Crippen molar-refractivity contribution in [3.05, 3.63) is 41.0 Å². The number of nitrogens with zero attached hydrogens (tertiary/aromatic N) is 4. The summed E-state index contributed by atoms with van der Waals surface area (Å²) in [5, 5.41) is 4.06. The van der Waals surface area contributed by atoms with Crippen molar-refractivity contribution >= 4 is 39.0 Å². The SMILES string of the molecule is CCN1CCN(c2ncnc3scc(-c4cccc(Cl)c4)c23)CC1. The van der Waals surface area contributed by atoms with Gasteiger partial charge in [0.15, 0.2) is 0 Å². The van der Waals surface area contributed by atoms with Gasteiger partial charge >= 0.3 is 0 Å². The molecule has 0 amide bonds. The highest BCUT2D eigenvalue weighted by atomic mass is 35.5. The number of fused-ring (bicyclic) bond motifs is 1. The second kappa shape index (κ2) is 6.67. The minimum atomic E-state index is 0.752. The fourth-order valence-corrected chi connectivity index (χ4v) is 4.34. The predicted octanol–water partition coefficient (Wildman–Crippen LogP) is 4.15. The maximum Gasteiger partial charge on any atom is 0.141 e. The first-order chi connectivity index (χ1) is 11.8. The Morgan fingerprint density at radius 3 is 2.75 bits per heavy atom. The minimum absolute atomic E-state index is 0.752. The van der Waals surface area contributed by atoms with Gasteiger partial charge in [-0.1, -0.05) is 30.7 Å². The molecular weight excluding hydrogens is 340 g/mol. The summed E-state index contributed by atoms with van der Waals surface area (Å²) >= 11 is 7.86. The molecule has 4 rings (SSSR count). The molecule has 0 spiro atoms. The van der Waals surface area contributed by atoms with E-state index in [0.29, 0.717) is 0 Å². The summed E-state index contributed by atoms with van der Waals surface area (Å²) in [6, 6.07) is 8.00. The van der Waals surface area contributed by atoms with Gasteiger partial charge in [0.05, 0.1) is 5.39 Å². The molecule has 0 radical (unpaired) electrons. The maximum absolute atomic E-state index is 6.19. The van der Waals surface area contributed by atoms with Gasteiger partial charge in [0.2, 0.25) is 0 Å². The third kappa shape index (κ3) is 2.88. The van der Waals surface area contributed by atoms with E-state index in [1.165, 1.54) is 5.56 Å². The second-order valence-corrected chi connectivity index (χ2v) is 7.25. The Balaban J connectivity index is 1.78. The molecule has 4 nitrogen and oxygen atoms in total. The number of hydrogen-bond donors (Lipinski definition) is 0. The average molecular weight is 359 g/mol. The molecule has 1 aliphatic heterocycles. The zero-order valence-corrected chi connectivity index (χ0v) is 15.1. The molecule has 1 aromatic carbocycles. The van der Waals surface area contributed by atoms with E-state index in [2.05, 4.69) is 38.1 Å². The van der Waals surface area contributed by atoms with E-state index in [1.54, 1.807) is 17.7 Å². The highest BCUT2D eigenvalue weighted by Crippen LogP contribution is 2.38. The third-order valence-corrected chi connectivity index (χ3v) is 5.73. The number of piperazine rings is 1. The van der Waals surface area contributed by atoms with Crippen LogP contribution in [0.25, 0.3) is 21.3 Å². The van der Waals surface area contributed by atoms with Gasteiger partial charge in [0.25, 0.3) is 0 Å². The highest BCUT2D eigenvalue weighted by molar-refractivity contribution is 7.17. The van der Waals surface area contributed by atoms with Gasteiger partial charge < -0.3 is 9.80 Å². The normalized spacial score (nSPS) is 16.0. The van der Waals surface area contributed by atoms with Crippen LogP contribution in [-0.4, -0.2) is 47.6 Å². The zero-order chi connectivity index (χ0) is 16.5. The molecule has 3 aromatic rings. The average Bonchev–Trinajstić information content (AvgIpc) is 3.06. The highest BCUT2D eigenvalue weighted by Gasteiger charge is 2.21. The summed E-state index contributed by atoms with van der Waals surface area (Å²) in [7, 11) is 0. The van der Waals surface area contributed by atoms with Crippen molar-refractivity contribution in [2.24, 2.45) is 0 Å². The first kappa shape index (κ1) is 15.8. The zero-order valence-electron chi connectivity index (χ0n) is 13.6. The van der Waals surface area contributed by atoms with Crippen LogP contribution in [0.15, 0.2) is 36.0 Å². The molecule has 6 heteroatoms. The van der Waals surface area contributed by atoms with E-state index in [9.17, 15) is 0 Å². The first-order valence-electron chi connectivity index (χ1n) is 8.21. The Morgan fingerprint density at radius 2 is 2.00 bits per heavy atom. The molecule has 124 valence electrons. The molecule has 3 heterocycles. The third-order valence-electron chi connectivity index (χ3n) is 4.60. The topological polar surface area (TPSA) is 32.3 Å². The Kier molecular flexibility index (Phi) is 4.39. The molecule has 2 aromatic heterocycles. The van der Waals surface area contributed by atoms with Crippen molar-refractivity contribution in [2.45, 2.75) is 6.92 Å². The van der Waals surface area contributed by atoms with E-state index in [0.717, 1.165) is 59.3 Å². The van der Waals surface area contributed by atoms with E-state index in [1.807, 2.05) is 18.2 Å². The molecule has 24 heavy (non-hydrogen) atoms. The Hall–Kier alpha value is -1.69. The van der Waals surface area contributed by atoms with Crippen LogP contribution in [-0.2, 0) is 0 Å². The van der Waals surface area contributed by atoms with Crippen molar-refractivity contribution in [1.82, 2.24) is 14.9 Å². The van der Waals surface area contributed by atoms with Gasteiger partial charge in [0, 0.05) is 42.1 Å². The minimum Gasteiger partial charge on any atom is -0.353 e. The van der Waals surface area contributed by atoms with Gasteiger partial charge in [-0.25, -0.2) is 9.97 Å². The lowest BCUT2D eigenvalue weighted by atomic mass is 10.1. The lowest BCUT2D eigenvalue weighted by molar-refractivity contribution is 0.271. The van der Waals surface area contributed by atoms with E-state index in [4.69, 9.17) is 11.6 Å². The van der Waals surface area contributed by atoms with Gasteiger partial charge in [0.1, 0.15) is 17.0 Å². The number of benzene rings is 1. The monoisotopic (exact) mass is 358 g/mol. The van der Waals surface area contributed by atoms with Crippen LogP contribution in [0.5, 0.6) is 0 Å².